The summed E-state index contributed by atoms with van der Waals surface area (Å²) in [5.74, 6) is 0.267. The summed E-state index contributed by atoms with van der Waals surface area (Å²) in [5.41, 5.74) is 0. The monoisotopic (exact) mass is 354 g/mol. The molecule has 1 atom stereocenters. The summed E-state index contributed by atoms with van der Waals surface area (Å²) < 4.78 is 27.3. The SMILES string of the molecule is CC(C)C(CI)NS(=O)(=O)c1cccnc1. The molecule has 0 aliphatic carbocycles. The Morgan fingerprint density at radius 3 is 2.62 bits per heavy atom. The molecule has 1 N–H and O–H groups in total. The van der Waals surface area contributed by atoms with Crippen LogP contribution < -0.4 is 4.72 Å². The van der Waals surface area contributed by atoms with E-state index in [4.69, 9.17) is 0 Å². The lowest BCUT2D eigenvalue weighted by molar-refractivity contribution is 0.486. The van der Waals surface area contributed by atoms with Crippen molar-refractivity contribution in [2.24, 2.45) is 5.92 Å². The lowest BCUT2D eigenvalue weighted by Gasteiger charge is -2.19. The fraction of sp³-hybridized carbons (Fsp3) is 0.500. The zero-order valence-electron chi connectivity index (χ0n) is 9.22. The number of nitrogens with one attached hydrogen (secondary N) is 1. The highest BCUT2D eigenvalue weighted by atomic mass is 127. The van der Waals surface area contributed by atoms with E-state index in [1.54, 1.807) is 18.3 Å². The van der Waals surface area contributed by atoms with Gasteiger partial charge in [0.2, 0.25) is 10.0 Å². The van der Waals surface area contributed by atoms with Crippen LogP contribution in [-0.2, 0) is 10.0 Å². The lowest BCUT2D eigenvalue weighted by atomic mass is 10.1. The highest BCUT2D eigenvalue weighted by molar-refractivity contribution is 14.1. The van der Waals surface area contributed by atoms with Crippen molar-refractivity contribution in [3.63, 3.8) is 0 Å². The van der Waals surface area contributed by atoms with Crippen LogP contribution in [0.25, 0.3) is 0 Å². The van der Waals surface area contributed by atoms with Gasteiger partial charge in [0.15, 0.2) is 0 Å². The first kappa shape index (κ1) is 13.9. The molecule has 1 aromatic rings. The molecule has 1 rings (SSSR count). The van der Waals surface area contributed by atoms with E-state index in [0.29, 0.717) is 0 Å². The zero-order chi connectivity index (χ0) is 12.2. The molecule has 1 heterocycles. The number of pyridine rings is 1. The zero-order valence-corrected chi connectivity index (χ0v) is 12.2. The molecule has 0 aliphatic heterocycles. The summed E-state index contributed by atoms with van der Waals surface area (Å²) in [6.45, 7) is 3.99. The van der Waals surface area contributed by atoms with Crippen molar-refractivity contribution in [2.45, 2.75) is 24.8 Å². The van der Waals surface area contributed by atoms with Gasteiger partial charge in [-0.05, 0) is 18.1 Å². The first-order valence-electron chi connectivity index (χ1n) is 4.95. The van der Waals surface area contributed by atoms with E-state index in [-0.39, 0.29) is 16.9 Å². The number of hydrogen-bond acceptors (Lipinski definition) is 3. The molecular formula is C10H15IN2O2S. The van der Waals surface area contributed by atoms with Gasteiger partial charge in [-0.25, -0.2) is 13.1 Å². The average molecular weight is 354 g/mol. The van der Waals surface area contributed by atoms with E-state index in [9.17, 15) is 8.42 Å². The second-order valence-electron chi connectivity index (χ2n) is 3.81. The molecule has 1 aromatic heterocycles. The van der Waals surface area contributed by atoms with Crippen molar-refractivity contribution in [1.82, 2.24) is 9.71 Å². The van der Waals surface area contributed by atoms with E-state index in [2.05, 4.69) is 32.3 Å². The van der Waals surface area contributed by atoms with Gasteiger partial charge in [0.05, 0.1) is 0 Å². The largest absolute Gasteiger partial charge is 0.263 e. The fourth-order valence-corrected chi connectivity index (χ4v) is 4.00. The summed E-state index contributed by atoms with van der Waals surface area (Å²) >= 11 is 2.18. The molecule has 0 spiro atoms. The summed E-state index contributed by atoms with van der Waals surface area (Å²) in [6.07, 6.45) is 2.91. The minimum Gasteiger partial charge on any atom is -0.263 e. The van der Waals surface area contributed by atoms with Gasteiger partial charge in [0.1, 0.15) is 4.90 Å². The van der Waals surface area contributed by atoms with Gasteiger partial charge in [0.25, 0.3) is 0 Å². The molecule has 1 unspecified atom stereocenters. The molecule has 0 aromatic carbocycles. The Balaban J connectivity index is 2.88. The van der Waals surface area contributed by atoms with Crippen LogP contribution in [0.1, 0.15) is 13.8 Å². The topological polar surface area (TPSA) is 59.1 Å². The Hall–Kier alpha value is -0.210. The molecule has 4 nitrogen and oxygen atoms in total. The van der Waals surface area contributed by atoms with Crippen LogP contribution in [0.2, 0.25) is 0 Å². The number of alkyl halides is 1. The third kappa shape index (κ3) is 3.67. The molecule has 16 heavy (non-hydrogen) atoms. The second-order valence-corrected chi connectivity index (χ2v) is 6.41. The molecule has 0 bridgehead atoms. The molecule has 0 fully saturated rings. The van der Waals surface area contributed by atoms with Gasteiger partial charge in [-0.2, -0.15) is 0 Å². The van der Waals surface area contributed by atoms with Crippen molar-refractivity contribution in [2.75, 3.05) is 4.43 Å². The Kier molecular flexibility index (Phi) is 5.13. The van der Waals surface area contributed by atoms with Crippen LogP contribution in [0.4, 0.5) is 0 Å². The smallest absolute Gasteiger partial charge is 0.242 e. The molecule has 90 valence electrons. The molecule has 0 aliphatic rings. The Morgan fingerprint density at radius 1 is 1.50 bits per heavy atom. The third-order valence-electron chi connectivity index (χ3n) is 2.22. The minimum absolute atomic E-state index is 0.0502. The van der Waals surface area contributed by atoms with Gasteiger partial charge in [-0.1, -0.05) is 36.4 Å². The number of sulfonamides is 1. The van der Waals surface area contributed by atoms with Crippen molar-refractivity contribution >= 4 is 32.6 Å². The van der Waals surface area contributed by atoms with E-state index in [0.717, 1.165) is 4.43 Å². The van der Waals surface area contributed by atoms with Gasteiger partial charge < -0.3 is 0 Å². The molecule has 0 saturated heterocycles. The maximum atomic E-state index is 12.0. The quantitative estimate of drug-likeness (QED) is 0.648. The number of rotatable bonds is 5. The molecule has 0 amide bonds. The Bertz CT molecular complexity index is 420. The van der Waals surface area contributed by atoms with E-state index < -0.39 is 10.0 Å². The minimum atomic E-state index is -3.43. The van der Waals surface area contributed by atoms with E-state index in [1.807, 2.05) is 13.8 Å². The van der Waals surface area contributed by atoms with E-state index >= 15 is 0 Å². The molecule has 6 heteroatoms. The fourth-order valence-electron chi connectivity index (χ4n) is 1.12. The van der Waals surface area contributed by atoms with Crippen LogP contribution in [0, 0.1) is 5.92 Å². The molecular weight excluding hydrogens is 339 g/mol. The predicted octanol–water partition coefficient (Wildman–Crippen LogP) is 1.82. The predicted molar refractivity (Wildman–Crippen MR) is 72.1 cm³/mol. The maximum Gasteiger partial charge on any atom is 0.242 e. The second kappa shape index (κ2) is 5.92. The first-order chi connectivity index (χ1) is 7.47. The Labute approximate surface area is 110 Å². The van der Waals surface area contributed by atoms with Crippen LogP contribution >= 0.6 is 22.6 Å². The van der Waals surface area contributed by atoms with Gasteiger partial charge >= 0.3 is 0 Å². The number of halogens is 1. The highest BCUT2D eigenvalue weighted by Gasteiger charge is 2.21. The van der Waals surface area contributed by atoms with Crippen LogP contribution in [-0.4, -0.2) is 23.9 Å². The summed E-state index contributed by atoms with van der Waals surface area (Å²) in [7, 11) is -3.43. The summed E-state index contributed by atoms with van der Waals surface area (Å²) in [5, 5.41) is 0. The number of nitrogens with zero attached hydrogens (tertiary/aromatic N) is 1. The standard InChI is InChI=1S/C10H15IN2O2S/c1-8(2)10(6-11)13-16(14,15)9-4-3-5-12-7-9/h3-5,7-8,10,13H,6H2,1-2H3. The normalized spacial score (nSPS) is 14.0. The number of hydrogen-bond donors (Lipinski definition) is 1. The van der Waals surface area contributed by atoms with Gasteiger partial charge in [0, 0.05) is 22.9 Å². The summed E-state index contributed by atoms with van der Waals surface area (Å²) in [6, 6.07) is 3.11. The maximum absolute atomic E-state index is 12.0. The van der Waals surface area contributed by atoms with Crippen molar-refractivity contribution < 1.29 is 8.42 Å². The first-order valence-corrected chi connectivity index (χ1v) is 7.96. The highest BCUT2D eigenvalue weighted by Crippen LogP contribution is 2.11. The Morgan fingerprint density at radius 2 is 2.19 bits per heavy atom. The van der Waals surface area contributed by atoms with Crippen LogP contribution in [0.15, 0.2) is 29.4 Å². The van der Waals surface area contributed by atoms with Gasteiger partial charge in [-0.3, -0.25) is 4.98 Å². The van der Waals surface area contributed by atoms with Crippen molar-refractivity contribution in [1.29, 1.82) is 0 Å². The lowest BCUT2D eigenvalue weighted by Crippen LogP contribution is -2.39. The molecule has 0 radical (unpaired) electrons. The third-order valence-corrected chi connectivity index (χ3v) is 4.65. The van der Waals surface area contributed by atoms with Crippen molar-refractivity contribution in [3.8, 4) is 0 Å². The molecule has 0 saturated carbocycles. The van der Waals surface area contributed by atoms with Crippen LogP contribution in [0.3, 0.4) is 0 Å². The van der Waals surface area contributed by atoms with Crippen molar-refractivity contribution in [3.05, 3.63) is 24.5 Å². The average Bonchev–Trinajstić information content (AvgIpc) is 2.27. The van der Waals surface area contributed by atoms with Gasteiger partial charge in [-0.15, -0.1) is 0 Å². The summed E-state index contributed by atoms with van der Waals surface area (Å²) in [4.78, 5) is 4.02. The van der Waals surface area contributed by atoms with E-state index in [1.165, 1.54) is 6.20 Å². The number of aromatic nitrogens is 1. The van der Waals surface area contributed by atoms with Crippen LogP contribution in [0.5, 0.6) is 0 Å².